The van der Waals surface area contributed by atoms with E-state index in [1.165, 1.54) is 0 Å². The average molecular weight is 189 g/mol. The summed E-state index contributed by atoms with van der Waals surface area (Å²) in [5.74, 6) is 1.35. The molecule has 2 aromatic heterocycles. The predicted octanol–water partition coefficient (Wildman–Crippen LogP) is 1.58. The van der Waals surface area contributed by atoms with Gasteiger partial charge in [0.1, 0.15) is 0 Å². The van der Waals surface area contributed by atoms with Crippen molar-refractivity contribution < 1.29 is 4.74 Å². The third kappa shape index (κ3) is 1.59. The molecule has 0 aliphatic heterocycles. The van der Waals surface area contributed by atoms with E-state index in [1.54, 1.807) is 17.9 Å². The first kappa shape index (κ1) is 8.74. The number of pyridine rings is 1. The fourth-order valence-corrected chi connectivity index (χ4v) is 1.19. The summed E-state index contributed by atoms with van der Waals surface area (Å²) in [4.78, 5) is 4.25. The van der Waals surface area contributed by atoms with Crippen molar-refractivity contribution in [2.45, 2.75) is 6.92 Å². The zero-order valence-electron chi connectivity index (χ0n) is 8.14. The summed E-state index contributed by atoms with van der Waals surface area (Å²) in [6, 6.07) is 7.51. The molecule has 0 amide bonds. The standard InChI is InChI=1S/C10H11N3O/c1-8-6-7-13(12-8)9-4-3-5-10(11-9)14-2/h3-7H,1-2H3. The Hall–Kier alpha value is -1.84. The topological polar surface area (TPSA) is 39.9 Å². The van der Waals surface area contributed by atoms with Crippen LogP contribution in [0.4, 0.5) is 0 Å². The highest BCUT2D eigenvalue weighted by Crippen LogP contribution is 2.10. The highest BCUT2D eigenvalue weighted by molar-refractivity contribution is 5.26. The minimum atomic E-state index is 0.593. The molecule has 0 atom stereocenters. The van der Waals surface area contributed by atoms with E-state index in [1.807, 2.05) is 31.3 Å². The molecule has 0 N–H and O–H groups in total. The minimum Gasteiger partial charge on any atom is -0.481 e. The van der Waals surface area contributed by atoms with Crippen molar-refractivity contribution >= 4 is 0 Å². The van der Waals surface area contributed by atoms with Crippen LogP contribution in [0.15, 0.2) is 30.5 Å². The summed E-state index contributed by atoms with van der Waals surface area (Å²) >= 11 is 0. The summed E-state index contributed by atoms with van der Waals surface area (Å²) in [5.41, 5.74) is 0.967. The number of hydrogen-bond donors (Lipinski definition) is 0. The zero-order chi connectivity index (χ0) is 9.97. The van der Waals surface area contributed by atoms with Gasteiger partial charge in [0.05, 0.1) is 12.8 Å². The Bertz CT molecular complexity index is 436. The predicted molar refractivity (Wildman–Crippen MR) is 52.6 cm³/mol. The lowest BCUT2D eigenvalue weighted by Crippen LogP contribution is -1.99. The van der Waals surface area contributed by atoms with Gasteiger partial charge in [0, 0.05) is 12.3 Å². The third-order valence-electron chi connectivity index (χ3n) is 1.88. The average Bonchev–Trinajstić information content (AvgIpc) is 2.65. The number of aryl methyl sites for hydroxylation is 1. The van der Waals surface area contributed by atoms with Gasteiger partial charge in [-0.1, -0.05) is 6.07 Å². The van der Waals surface area contributed by atoms with Crippen molar-refractivity contribution in [3.8, 4) is 11.7 Å². The van der Waals surface area contributed by atoms with E-state index in [0.717, 1.165) is 11.5 Å². The van der Waals surface area contributed by atoms with E-state index in [9.17, 15) is 0 Å². The SMILES string of the molecule is COc1cccc(-n2ccc(C)n2)n1. The summed E-state index contributed by atoms with van der Waals surface area (Å²) in [6.45, 7) is 1.94. The number of aromatic nitrogens is 3. The lowest BCUT2D eigenvalue weighted by atomic mass is 10.4. The van der Waals surface area contributed by atoms with Crippen molar-refractivity contribution in [3.63, 3.8) is 0 Å². The Morgan fingerprint density at radius 2 is 2.14 bits per heavy atom. The molecular weight excluding hydrogens is 178 g/mol. The van der Waals surface area contributed by atoms with Crippen LogP contribution in [0, 0.1) is 6.92 Å². The van der Waals surface area contributed by atoms with Gasteiger partial charge in [0.15, 0.2) is 5.82 Å². The number of methoxy groups -OCH3 is 1. The Morgan fingerprint density at radius 1 is 1.29 bits per heavy atom. The number of nitrogens with zero attached hydrogens (tertiary/aromatic N) is 3. The first-order valence-electron chi connectivity index (χ1n) is 4.33. The zero-order valence-corrected chi connectivity index (χ0v) is 8.14. The van der Waals surface area contributed by atoms with Crippen LogP contribution in [0.5, 0.6) is 5.88 Å². The maximum Gasteiger partial charge on any atom is 0.214 e. The number of ether oxygens (including phenoxy) is 1. The monoisotopic (exact) mass is 189 g/mol. The van der Waals surface area contributed by atoms with Crippen LogP contribution in [0.2, 0.25) is 0 Å². The molecule has 0 aromatic carbocycles. The lowest BCUT2D eigenvalue weighted by molar-refractivity contribution is 0.397. The number of hydrogen-bond acceptors (Lipinski definition) is 3. The second-order valence-electron chi connectivity index (χ2n) is 2.94. The van der Waals surface area contributed by atoms with Gasteiger partial charge in [0.25, 0.3) is 0 Å². The maximum absolute atomic E-state index is 5.03. The second-order valence-corrected chi connectivity index (χ2v) is 2.94. The summed E-state index contributed by atoms with van der Waals surface area (Å²) in [6.07, 6.45) is 1.87. The van der Waals surface area contributed by atoms with Crippen molar-refractivity contribution in [3.05, 3.63) is 36.2 Å². The molecule has 2 heterocycles. The molecule has 0 unspecified atom stereocenters. The maximum atomic E-state index is 5.03. The van der Waals surface area contributed by atoms with Crippen molar-refractivity contribution in [1.29, 1.82) is 0 Å². The van der Waals surface area contributed by atoms with Gasteiger partial charge in [0.2, 0.25) is 5.88 Å². The first-order chi connectivity index (χ1) is 6.79. The van der Waals surface area contributed by atoms with Gasteiger partial charge >= 0.3 is 0 Å². The van der Waals surface area contributed by atoms with E-state index in [4.69, 9.17) is 4.74 Å². The van der Waals surface area contributed by atoms with E-state index < -0.39 is 0 Å². The van der Waals surface area contributed by atoms with Crippen molar-refractivity contribution in [2.75, 3.05) is 7.11 Å². The van der Waals surface area contributed by atoms with E-state index in [2.05, 4.69) is 10.1 Å². The van der Waals surface area contributed by atoms with Gasteiger partial charge in [-0.25, -0.2) is 4.68 Å². The van der Waals surface area contributed by atoms with Crippen LogP contribution in [0.3, 0.4) is 0 Å². The van der Waals surface area contributed by atoms with Crippen LogP contribution >= 0.6 is 0 Å². The van der Waals surface area contributed by atoms with E-state index >= 15 is 0 Å². The largest absolute Gasteiger partial charge is 0.481 e. The van der Waals surface area contributed by atoms with Gasteiger partial charge < -0.3 is 4.74 Å². The normalized spacial score (nSPS) is 10.1. The van der Waals surface area contributed by atoms with Crippen molar-refractivity contribution in [1.82, 2.24) is 14.8 Å². The van der Waals surface area contributed by atoms with Gasteiger partial charge in [-0.2, -0.15) is 10.1 Å². The Labute approximate surface area is 82.2 Å². The molecule has 0 spiro atoms. The summed E-state index contributed by atoms with van der Waals surface area (Å²) < 4.78 is 6.75. The Kier molecular flexibility index (Phi) is 2.18. The molecule has 0 fully saturated rings. The molecule has 2 aromatic rings. The van der Waals surface area contributed by atoms with Crippen molar-refractivity contribution in [2.24, 2.45) is 0 Å². The van der Waals surface area contributed by atoms with Crippen LogP contribution in [-0.2, 0) is 0 Å². The first-order valence-corrected chi connectivity index (χ1v) is 4.33. The fourth-order valence-electron chi connectivity index (χ4n) is 1.19. The highest BCUT2D eigenvalue weighted by atomic mass is 16.5. The smallest absolute Gasteiger partial charge is 0.214 e. The Balaban J connectivity index is 2.41. The van der Waals surface area contributed by atoms with Crippen LogP contribution in [0.1, 0.15) is 5.69 Å². The summed E-state index contributed by atoms with van der Waals surface area (Å²) in [7, 11) is 1.60. The molecule has 0 aliphatic rings. The minimum absolute atomic E-state index is 0.593. The molecular formula is C10H11N3O. The van der Waals surface area contributed by atoms with Gasteiger partial charge in [-0.15, -0.1) is 0 Å². The molecule has 0 aliphatic carbocycles. The van der Waals surface area contributed by atoms with E-state index in [0.29, 0.717) is 5.88 Å². The highest BCUT2D eigenvalue weighted by Gasteiger charge is 2.00. The molecule has 72 valence electrons. The molecule has 0 bridgehead atoms. The molecule has 14 heavy (non-hydrogen) atoms. The molecule has 4 heteroatoms. The fraction of sp³-hybridized carbons (Fsp3) is 0.200. The molecule has 0 saturated carbocycles. The second kappa shape index (κ2) is 3.49. The molecule has 2 rings (SSSR count). The lowest BCUT2D eigenvalue weighted by Gasteiger charge is -2.02. The molecule has 0 radical (unpaired) electrons. The van der Waals surface area contributed by atoms with Gasteiger partial charge in [-0.05, 0) is 19.1 Å². The molecule has 0 saturated heterocycles. The number of rotatable bonds is 2. The van der Waals surface area contributed by atoms with E-state index in [-0.39, 0.29) is 0 Å². The Morgan fingerprint density at radius 3 is 2.79 bits per heavy atom. The third-order valence-corrected chi connectivity index (χ3v) is 1.88. The van der Waals surface area contributed by atoms with Crippen LogP contribution in [-0.4, -0.2) is 21.9 Å². The van der Waals surface area contributed by atoms with Crippen LogP contribution in [0.25, 0.3) is 5.82 Å². The van der Waals surface area contributed by atoms with Crippen LogP contribution < -0.4 is 4.74 Å². The van der Waals surface area contributed by atoms with Gasteiger partial charge in [-0.3, -0.25) is 0 Å². The molecule has 4 nitrogen and oxygen atoms in total. The quantitative estimate of drug-likeness (QED) is 0.720. The summed E-state index contributed by atoms with van der Waals surface area (Å²) in [5, 5.41) is 4.25.